The van der Waals surface area contributed by atoms with Gasteiger partial charge in [0.15, 0.2) is 6.61 Å². The molecule has 0 spiro atoms. The van der Waals surface area contributed by atoms with E-state index in [1.807, 2.05) is 0 Å². The van der Waals surface area contributed by atoms with Gasteiger partial charge in [0.2, 0.25) is 5.91 Å². The summed E-state index contributed by atoms with van der Waals surface area (Å²) < 4.78 is 5.15. The summed E-state index contributed by atoms with van der Waals surface area (Å²) in [4.78, 5) is 39.5. The molecule has 0 radical (unpaired) electrons. The lowest BCUT2D eigenvalue weighted by Gasteiger charge is -2.26. The van der Waals surface area contributed by atoms with E-state index in [1.165, 1.54) is 0 Å². The molecule has 2 saturated heterocycles. The van der Waals surface area contributed by atoms with Crippen molar-refractivity contribution >= 4 is 35.1 Å². The van der Waals surface area contributed by atoms with Crippen molar-refractivity contribution in [2.24, 2.45) is 0 Å². The van der Waals surface area contributed by atoms with Crippen molar-refractivity contribution in [1.29, 1.82) is 0 Å². The summed E-state index contributed by atoms with van der Waals surface area (Å²) in [5.74, 6) is -0.764. The Morgan fingerprint density at radius 3 is 2.52 bits per heavy atom. The minimum absolute atomic E-state index is 0.00677. The smallest absolute Gasteiger partial charge is 0.338 e. The predicted molar refractivity (Wildman–Crippen MR) is 93.8 cm³/mol. The number of hydrogen-bond donors (Lipinski definition) is 0. The third-order valence-electron chi connectivity index (χ3n) is 4.58. The molecule has 7 heteroatoms. The van der Waals surface area contributed by atoms with Crippen LogP contribution in [0.3, 0.4) is 0 Å². The summed E-state index contributed by atoms with van der Waals surface area (Å²) in [6.07, 6.45) is 4.37. The zero-order chi connectivity index (χ0) is 17.8. The summed E-state index contributed by atoms with van der Waals surface area (Å²) in [6.45, 7) is 1.76. The first-order chi connectivity index (χ1) is 12.1. The maximum absolute atomic E-state index is 12.3. The molecule has 2 fully saturated rings. The van der Waals surface area contributed by atoms with Crippen molar-refractivity contribution < 1.29 is 19.1 Å². The first-order valence-electron chi connectivity index (χ1n) is 8.61. The largest absolute Gasteiger partial charge is 0.452 e. The molecule has 0 N–H and O–H groups in total. The number of benzene rings is 1. The Kier molecular flexibility index (Phi) is 5.58. The van der Waals surface area contributed by atoms with Gasteiger partial charge in [0, 0.05) is 26.1 Å². The van der Waals surface area contributed by atoms with Gasteiger partial charge in [0.25, 0.3) is 5.91 Å². The van der Waals surface area contributed by atoms with Gasteiger partial charge in [0.1, 0.15) is 0 Å². The number of esters is 1. The Labute approximate surface area is 151 Å². The second-order valence-electron chi connectivity index (χ2n) is 6.33. The quantitative estimate of drug-likeness (QED) is 0.770. The zero-order valence-electron chi connectivity index (χ0n) is 14.0. The summed E-state index contributed by atoms with van der Waals surface area (Å²) in [6, 6.07) is 4.67. The van der Waals surface area contributed by atoms with Crippen LogP contribution in [-0.2, 0) is 14.3 Å². The Balaban J connectivity index is 1.64. The van der Waals surface area contributed by atoms with Gasteiger partial charge in [-0.3, -0.25) is 9.59 Å². The van der Waals surface area contributed by atoms with E-state index in [-0.39, 0.29) is 24.0 Å². The van der Waals surface area contributed by atoms with E-state index in [0.717, 1.165) is 38.8 Å². The van der Waals surface area contributed by atoms with E-state index < -0.39 is 5.97 Å². The molecule has 2 aliphatic heterocycles. The molecule has 2 aliphatic rings. The van der Waals surface area contributed by atoms with E-state index in [0.29, 0.717) is 23.7 Å². The Morgan fingerprint density at radius 1 is 1.08 bits per heavy atom. The summed E-state index contributed by atoms with van der Waals surface area (Å²) >= 11 is 6.17. The number of halogens is 1. The lowest BCUT2D eigenvalue weighted by Crippen LogP contribution is -2.38. The average molecular weight is 365 g/mol. The van der Waals surface area contributed by atoms with Gasteiger partial charge < -0.3 is 14.5 Å². The number of nitrogens with zero attached hydrogens (tertiary/aromatic N) is 2. The van der Waals surface area contributed by atoms with Gasteiger partial charge in [-0.2, -0.15) is 0 Å². The van der Waals surface area contributed by atoms with Crippen LogP contribution in [0.15, 0.2) is 18.2 Å². The van der Waals surface area contributed by atoms with E-state index in [4.69, 9.17) is 16.3 Å². The number of carbonyl (C=O) groups excluding carboxylic acids is 3. The molecular formula is C18H21ClN2O4. The number of ether oxygens (including phenoxy) is 1. The fraction of sp³-hybridized carbons (Fsp3) is 0.500. The van der Waals surface area contributed by atoms with Crippen LogP contribution in [0.2, 0.25) is 5.02 Å². The van der Waals surface area contributed by atoms with E-state index in [9.17, 15) is 14.4 Å². The topological polar surface area (TPSA) is 66.9 Å². The third-order valence-corrected chi connectivity index (χ3v) is 4.90. The van der Waals surface area contributed by atoms with Gasteiger partial charge in [-0.1, -0.05) is 11.6 Å². The Hall–Kier alpha value is -2.08. The standard InChI is InChI=1S/C18H21ClN2O4/c19-14-7-6-13(11-15(14)21-10-4-5-16(21)22)18(24)25-12-17(23)20-8-2-1-3-9-20/h6-7,11H,1-5,8-10,12H2. The van der Waals surface area contributed by atoms with Crippen LogP contribution in [-0.4, -0.2) is 48.9 Å². The summed E-state index contributed by atoms with van der Waals surface area (Å²) in [5.41, 5.74) is 0.798. The average Bonchev–Trinajstić information content (AvgIpc) is 3.06. The molecule has 3 rings (SSSR count). The highest BCUT2D eigenvalue weighted by atomic mass is 35.5. The molecule has 0 bridgehead atoms. The van der Waals surface area contributed by atoms with E-state index >= 15 is 0 Å². The molecule has 6 nitrogen and oxygen atoms in total. The van der Waals surface area contributed by atoms with E-state index in [1.54, 1.807) is 28.0 Å². The highest BCUT2D eigenvalue weighted by molar-refractivity contribution is 6.34. The molecule has 25 heavy (non-hydrogen) atoms. The minimum Gasteiger partial charge on any atom is -0.452 e. The maximum Gasteiger partial charge on any atom is 0.338 e. The molecular weight excluding hydrogens is 344 g/mol. The lowest BCUT2D eigenvalue weighted by atomic mass is 10.1. The number of amides is 2. The van der Waals surface area contributed by atoms with Crippen LogP contribution in [0.5, 0.6) is 0 Å². The van der Waals surface area contributed by atoms with Crippen LogP contribution >= 0.6 is 11.6 Å². The van der Waals surface area contributed by atoms with Crippen molar-refractivity contribution in [3.63, 3.8) is 0 Å². The van der Waals surface area contributed by atoms with Gasteiger partial charge in [0.05, 0.1) is 16.3 Å². The summed E-state index contributed by atoms with van der Waals surface area (Å²) in [7, 11) is 0. The van der Waals surface area contributed by atoms with Crippen molar-refractivity contribution in [3.05, 3.63) is 28.8 Å². The van der Waals surface area contributed by atoms with Crippen LogP contribution in [0.4, 0.5) is 5.69 Å². The van der Waals surface area contributed by atoms with Crippen molar-refractivity contribution in [2.45, 2.75) is 32.1 Å². The first-order valence-corrected chi connectivity index (χ1v) is 8.99. The predicted octanol–water partition coefficient (Wildman–Crippen LogP) is 2.64. The van der Waals surface area contributed by atoms with Crippen LogP contribution in [0, 0.1) is 0 Å². The Morgan fingerprint density at radius 2 is 1.84 bits per heavy atom. The first kappa shape index (κ1) is 17.7. The number of hydrogen-bond acceptors (Lipinski definition) is 4. The third kappa shape index (κ3) is 4.12. The van der Waals surface area contributed by atoms with Gasteiger partial charge in [-0.15, -0.1) is 0 Å². The maximum atomic E-state index is 12.3. The number of piperidine rings is 1. The Bertz CT molecular complexity index is 686. The number of likely N-dealkylation sites (tertiary alicyclic amines) is 1. The fourth-order valence-corrected chi connectivity index (χ4v) is 3.41. The van der Waals surface area contributed by atoms with Crippen LogP contribution in [0.25, 0.3) is 0 Å². The van der Waals surface area contributed by atoms with Gasteiger partial charge in [-0.05, 0) is 43.9 Å². The highest BCUT2D eigenvalue weighted by Gasteiger charge is 2.25. The molecule has 134 valence electrons. The zero-order valence-corrected chi connectivity index (χ0v) is 14.8. The van der Waals surface area contributed by atoms with Crippen molar-refractivity contribution in [3.8, 4) is 0 Å². The SMILES string of the molecule is O=C(OCC(=O)N1CCCCC1)c1ccc(Cl)c(N2CCCC2=O)c1. The van der Waals surface area contributed by atoms with Crippen LogP contribution in [0.1, 0.15) is 42.5 Å². The number of rotatable bonds is 4. The normalized spacial score (nSPS) is 17.7. The van der Waals surface area contributed by atoms with Crippen LogP contribution < -0.4 is 4.90 Å². The van der Waals surface area contributed by atoms with Crippen molar-refractivity contribution in [1.82, 2.24) is 4.90 Å². The molecule has 2 heterocycles. The monoisotopic (exact) mass is 364 g/mol. The highest BCUT2D eigenvalue weighted by Crippen LogP contribution is 2.30. The fourth-order valence-electron chi connectivity index (χ4n) is 3.19. The van der Waals surface area contributed by atoms with Gasteiger partial charge >= 0.3 is 5.97 Å². The second-order valence-corrected chi connectivity index (χ2v) is 6.74. The molecule has 0 aromatic heterocycles. The molecule has 0 atom stereocenters. The molecule has 0 aliphatic carbocycles. The second kappa shape index (κ2) is 7.87. The molecule has 0 saturated carbocycles. The molecule has 0 unspecified atom stereocenters. The molecule has 1 aromatic rings. The molecule has 2 amide bonds. The summed E-state index contributed by atoms with van der Waals surface area (Å²) in [5, 5.41) is 0.413. The van der Waals surface area contributed by atoms with Crippen molar-refractivity contribution in [2.75, 3.05) is 31.1 Å². The van der Waals surface area contributed by atoms with E-state index in [2.05, 4.69) is 0 Å². The lowest BCUT2D eigenvalue weighted by molar-refractivity contribution is -0.135. The minimum atomic E-state index is -0.588. The molecule has 1 aromatic carbocycles. The number of anilines is 1. The number of carbonyl (C=O) groups is 3. The van der Waals surface area contributed by atoms with Gasteiger partial charge in [-0.25, -0.2) is 4.79 Å².